The minimum Gasteiger partial charge on any atom is -0.350 e. The molecular formula is C23H32N4O. The van der Waals surface area contributed by atoms with Crippen molar-refractivity contribution in [3.63, 3.8) is 0 Å². The second kappa shape index (κ2) is 9.78. The Balaban J connectivity index is 1.74. The van der Waals surface area contributed by atoms with Crippen LogP contribution in [0.3, 0.4) is 0 Å². The second-order valence-electron chi connectivity index (χ2n) is 7.99. The molecule has 2 heterocycles. The maximum Gasteiger partial charge on any atom is 0.254 e. The third-order valence-electron chi connectivity index (χ3n) is 5.70. The van der Waals surface area contributed by atoms with Crippen LogP contribution in [0.2, 0.25) is 0 Å². The zero-order chi connectivity index (χ0) is 19.9. The van der Waals surface area contributed by atoms with E-state index in [9.17, 15) is 4.79 Å². The third-order valence-corrected chi connectivity index (χ3v) is 5.70. The number of hydrogen-bond donors (Lipinski definition) is 1. The first kappa shape index (κ1) is 20.5. The topological polar surface area (TPSA) is 58.1 Å². The number of nitrogens with one attached hydrogen (secondary N) is 1. The summed E-state index contributed by atoms with van der Waals surface area (Å²) in [6.07, 6.45) is 7.32. The number of likely N-dealkylation sites (tertiary alicyclic amines) is 1. The Hall–Kier alpha value is -2.27. The van der Waals surface area contributed by atoms with E-state index >= 15 is 0 Å². The molecule has 2 aromatic rings. The number of piperidine rings is 1. The van der Waals surface area contributed by atoms with Gasteiger partial charge in [0.1, 0.15) is 6.33 Å². The maximum absolute atomic E-state index is 12.9. The first-order chi connectivity index (χ1) is 13.6. The average molecular weight is 381 g/mol. The van der Waals surface area contributed by atoms with Crippen molar-refractivity contribution in [3.8, 4) is 0 Å². The zero-order valence-corrected chi connectivity index (χ0v) is 17.3. The molecule has 28 heavy (non-hydrogen) atoms. The Labute approximate surface area is 168 Å². The van der Waals surface area contributed by atoms with E-state index in [1.54, 1.807) is 6.20 Å². The molecule has 1 aliphatic heterocycles. The largest absolute Gasteiger partial charge is 0.350 e. The van der Waals surface area contributed by atoms with Crippen molar-refractivity contribution in [1.29, 1.82) is 0 Å². The Morgan fingerprint density at radius 3 is 2.64 bits per heavy atom. The van der Waals surface area contributed by atoms with Gasteiger partial charge in [-0.2, -0.15) is 0 Å². The van der Waals surface area contributed by atoms with Gasteiger partial charge in [-0.25, -0.2) is 9.97 Å². The lowest BCUT2D eigenvalue weighted by Crippen LogP contribution is -2.42. The van der Waals surface area contributed by atoms with Crippen molar-refractivity contribution >= 4 is 5.91 Å². The summed E-state index contributed by atoms with van der Waals surface area (Å²) in [5, 5.41) is 3.16. The van der Waals surface area contributed by atoms with Gasteiger partial charge in [-0.05, 0) is 50.8 Å². The smallest absolute Gasteiger partial charge is 0.254 e. The van der Waals surface area contributed by atoms with Crippen LogP contribution in [0, 0.1) is 12.8 Å². The van der Waals surface area contributed by atoms with Gasteiger partial charge in [0.2, 0.25) is 0 Å². The molecule has 1 aromatic carbocycles. The van der Waals surface area contributed by atoms with E-state index in [1.165, 1.54) is 30.3 Å². The number of amides is 1. The van der Waals surface area contributed by atoms with Gasteiger partial charge in [0.25, 0.3) is 5.91 Å². The average Bonchev–Trinajstić information content (AvgIpc) is 2.71. The summed E-state index contributed by atoms with van der Waals surface area (Å²) < 4.78 is 0. The minimum atomic E-state index is -0.0773. The first-order valence-corrected chi connectivity index (χ1v) is 10.5. The van der Waals surface area contributed by atoms with Crippen molar-refractivity contribution < 1.29 is 4.79 Å². The molecular weight excluding hydrogens is 348 g/mol. The van der Waals surface area contributed by atoms with Crippen molar-refractivity contribution in [2.24, 2.45) is 5.92 Å². The van der Waals surface area contributed by atoms with Crippen LogP contribution >= 0.6 is 0 Å². The van der Waals surface area contributed by atoms with Gasteiger partial charge in [0.15, 0.2) is 0 Å². The number of aromatic nitrogens is 2. The van der Waals surface area contributed by atoms with Crippen LogP contribution in [0.15, 0.2) is 36.8 Å². The summed E-state index contributed by atoms with van der Waals surface area (Å²) in [4.78, 5) is 23.7. The van der Waals surface area contributed by atoms with Gasteiger partial charge < -0.3 is 5.32 Å². The molecule has 5 nitrogen and oxygen atoms in total. The molecule has 0 aliphatic carbocycles. The van der Waals surface area contributed by atoms with Crippen LogP contribution < -0.4 is 5.32 Å². The number of aryl methyl sites for hydroxylation is 2. The number of nitrogens with zero attached hydrogens (tertiary/aromatic N) is 3. The highest BCUT2D eigenvalue weighted by Gasteiger charge is 2.25. The molecule has 1 aliphatic rings. The fraction of sp³-hybridized carbons (Fsp3) is 0.522. The molecule has 0 spiro atoms. The van der Waals surface area contributed by atoms with Crippen LogP contribution in [0.5, 0.6) is 0 Å². The Morgan fingerprint density at radius 1 is 1.25 bits per heavy atom. The Morgan fingerprint density at radius 2 is 1.96 bits per heavy atom. The van der Waals surface area contributed by atoms with Gasteiger partial charge in [0, 0.05) is 12.7 Å². The minimum absolute atomic E-state index is 0.0773. The monoisotopic (exact) mass is 380 g/mol. The summed E-state index contributed by atoms with van der Waals surface area (Å²) in [6.45, 7) is 9.26. The summed E-state index contributed by atoms with van der Waals surface area (Å²) in [5.74, 6) is 0.703. The number of benzene rings is 1. The fourth-order valence-corrected chi connectivity index (χ4v) is 3.85. The van der Waals surface area contributed by atoms with Gasteiger partial charge in [-0.3, -0.25) is 9.69 Å². The quantitative estimate of drug-likeness (QED) is 0.790. The van der Waals surface area contributed by atoms with E-state index in [0.29, 0.717) is 12.1 Å². The Kier molecular flexibility index (Phi) is 7.15. The standard InChI is InChI=1S/C23H32N4O/c1-4-5-21-20(14-24-16-26-21)23(28)25-15-22(19-8-6-17(2)7-9-19)27-12-10-18(3)11-13-27/h6-9,14,16,18,22H,4-5,10-13,15H2,1-3H3,(H,25,28). The maximum atomic E-state index is 12.9. The molecule has 5 heteroatoms. The normalized spacial score (nSPS) is 16.7. The van der Waals surface area contributed by atoms with Crippen LogP contribution in [0.1, 0.15) is 66.3 Å². The predicted octanol–water partition coefficient (Wildman–Crippen LogP) is 3.94. The van der Waals surface area contributed by atoms with Crippen LogP contribution in [-0.2, 0) is 6.42 Å². The molecule has 1 fully saturated rings. The van der Waals surface area contributed by atoms with Crippen LogP contribution in [0.25, 0.3) is 0 Å². The lowest BCUT2D eigenvalue weighted by Gasteiger charge is -2.37. The summed E-state index contributed by atoms with van der Waals surface area (Å²) in [5.41, 5.74) is 3.94. The van der Waals surface area contributed by atoms with E-state index in [-0.39, 0.29) is 11.9 Å². The molecule has 3 rings (SSSR count). The van der Waals surface area contributed by atoms with E-state index < -0.39 is 0 Å². The number of carbonyl (C=O) groups excluding carboxylic acids is 1. The number of rotatable bonds is 7. The van der Waals surface area contributed by atoms with Crippen LogP contribution in [-0.4, -0.2) is 40.4 Å². The fourth-order valence-electron chi connectivity index (χ4n) is 3.85. The van der Waals surface area contributed by atoms with Crippen molar-refractivity contribution in [2.45, 2.75) is 52.5 Å². The van der Waals surface area contributed by atoms with Crippen molar-refractivity contribution in [3.05, 3.63) is 59.2 Å². The summed E-state index contributed by atoms with van der Waals surface area (Å²) in [7, 11) is 0. The second-order valence-corrected chi connectivity index (χ2v) is 7.99. The lowest BCUT2D eigenvalue weighted by molar-refractivity contribution is 0.0911. The zero-order valence-electron chi connectivity index (χ0n) is 17.3. The molecule has 1 unspecified atom stereocenters. The van der Waals surface area contributed by atoms with E-state index in [1.807, 2.05) is 0 Å². The highest BCUT2D eigenvalue weighted by molar-refractivity contribution is 5.94. The molecule has 1 saturated heterocycles. The SMILES string of the molecule is CCCc1ncncc1C(=O)NCC(c1ccc(C)cc1)N1CCC(C)CC1. The Bertz CT molecular complexity index is 766. The van der Waals surface area contributed by atoms with Crippen molar-refractivity contribution in [2.75, 3.05) is 19.6 Å². The van der Waals surface area contributed by atoms with Gasteiger partial charge in [0.05, 0.1) is 17.3 Å². The van der Waals surface area contributed by atoms with Gasteiger partial charge >= 0.3 is 0 Å². The van der Waals surface area contributed by atoms with E-state index in [0.717, 1.165) is 37.5 Å². The predicted molar refractivity (Wildman–Crippen MR) is 112 cm³/mol. The van der Waals surface area contributed by atoms with E-state index in [4.69, 9.17) is 0 Å². The summed E-state index contributed by atoms with van der Waals surface area (Å²) in [6, 6.07) is 8.88. The van der Waals surface area contributed by atoms with E-state index in [2.05, 4.69) is 65.2 Å². The molecule has 1 atom stereocenters. The molecule has 0 bridgehead atoms. The lowest BCUT2D eigenvalue weighted by atomic mass is 9.95. The highest BCUT2D eigenvalue weighted by atomic mass is 16.1. The molecule has 1 N–H and O–H groups in total. The molecule has 0 saturated carbocycles. The van der Waals surface area contributed by atoms with Gasteiger partial charge in [-0.1, -0.05) is 50.1 Å². The number of carbonyl (C=O) groups is 1. The summed E-state index contributed by atoms with van der Waals surface area (Å²) >= 11 is 0. The highest BCUT2D eigenvalue weighted by Crippen LogP contribution is 2.26. The van der Waals surface area contributed by atoms with Crippen molar-refractivity contribution in [1.82, 2.24) is 20.2 Å². The third kappa shape index (κ3) is 5.16. The van der Waals surface area contributed by atoms with Gasteiger partial charge in [-0.15, -0.1) is 0 Å². The molecule has 150 valence electrons. The molecule has 1 amide bonds. The first-order valence-electron chi connectivity index (χ1n) is 10.5. The molecule has 0 radical (unpaired) electrons. The van der Waals surface area contributed by atoms with Crippen LogP contribution in [0.4, 0.5) is 0 Å². The number of hydrogen-bond acceptors (Lipinski definition) is 4. The molecule has 1 aromatic heterocycles.